The zero-order valence-electron chi connectivity index (χ0n) is 19.3. The first kappa shape index (κ1) is 24.4. The number of nitrogens with one attached hydrogen (secondary N) is 2. The highest BCUT2D eigenvalue weighted by molar-refractivity contribution is 7.80. The van der Waals surface area contributed by atoms with Crippen molar-refractivity contribution in [1.82, 2.24) is 10.2 Å². The molecule has 33 heavy (non-hydrogen) atoms. The summed E-state index contributed by atoms with van der Waals surface area (Å²) >= 11 is 5.53. The van der Waals surface area contributed by atoms with Crippen molar-refractivity contribution in [2.45, 2.75) is 26.8 Å². The number of carbonyl (C=O) groups is 2. The molecule has 8 heteroatoms. The van der Waals surface area contributed by atoms with Crippen LogP contribution in [-0.2, 0) is 14.3 Å². The van der Waals surface area contributed by atoms with E-state index in [-0.39, 0.29) is 12.5 Å². The number of allylic oxidation sites excluding steroid dienone is 1. The van der Waals surface area contributed by atoms with Gasteiger partial charge < -0.3 is 25.0 Å². The van der Waals surface area contributed by atoms with E-state index >= 15 is 0 Å². The second kappa shape index (κ2) is 11.1. The Labute approximate surface area is 199 Å². The van der Waals surface area contributed by atoms with Gasteiger partial charge in [0.15, 0.2) is 5.11 Å². The third kappa shape index (κ3) is 5.58. The third-order valence-corrected chi connectivity index (χ3v) is 5.88. The lowest BCUT2D eigenvalue weighted by atomic mass is 9.94. The van der Waals surface area contributed by atoms with E-state index in [1.54, 1.807) is 13.2 Å². The Morgan fingerprint density at radius 2 is 1.79 bits per heavy atom. The number of benzene rings is 2. The van der Waals surface area contributed by atoms with Crippen molar-refractivity contribution in [3.8, 4) is 0 Å². The number of esters is 1. The molecule has 2 N–H and O–H groups in total. The smallest absolute Gasteiger partial charge is 0.338 e. The number of rotatable bonds is 8. The van der Waals surface area contributed by atoms with Gasteiger partial charge in [-0.15, -0.1) is 0 Å². The minimum atomic E-state index is -0.462. The summed E-state index contributed by atoms with van der Waals surface area (Å²) in [4.78, 5) is 27.4. The number of hydrogen-bond donors (Lipinski definition) is 2. The van der Waals surface area contributed by atoms with E-state index in [0.29, 0.717) is 35.1 Å². The highest BCUT2D eigenvalue weighted by atomic mass is 32.1. The lowest BCUT2D eigenvalue weighted by molar-refractivity contribution is -0.140. The third-order valence-electron chi connectivity index (χ3n) is 5.54. The number of amides is 1. The van der Waals surface area contributed by atoms with Gasteiger partial charge in [0.05, 0.1) is 18.2 Å². The van der Waals surface area contributed by atoms with Crippen LogP contribution in [0.1, 0.15) is 41.4 Å². The molecule has 174 valence electrons. The van der Waals surface area contributed by atoms with Crippen molar-refractivity contribution in [1.29, 1.82) is 0 Å². The minimum Gasteiger partial charge on any atom is -0.460 e. The minimum absolute atomic E-state index is 0.166. The number of nitrogens with zero attached hydrogens (tertiary/aromatic N) is 1. The highest BCUT2D eigenvalue weighted by Crippen LogP contribution is 2.32. The Kier molecular flexibility index (Phi) is 8.19. The molecule has 2 aromatic carbocycles. The average Bonchev–Trinajstić information content (AvgIpc) is 2.79. The fourth-order valence-corrected chi connectivity index (χ4v) is 4.14. The predicted molar refractivity (Wildman–Crippen MR) is 132 cm³/mol. The molecule has 1 aliphatic rings. The van der Waals surface area contributed by atoms with Crippen molar-refractivity contribution in [3.63, 3.8) is 0 Å². The molecule has 0 bridgehead atoms. The molecule has 1 heterocycles. The number of hydrogen-bond acceptors (Lipinski definition) is 5. The Morgan fingerprint density at radius 3 is 2.42 bits per heavy atom. The number of ether oxygens (including phenoxy) is 2. The first-order valence-electron chi connectivity index (χ1n) is 10.8. The summed E-state index contributed by atoms with van der Waals surface area (Å²) in [5, 5.41) is 6.73. The first-order valence-corrected chi connectivity index (χ1v) is 11.2. The van der Waals surface area contributed by atoms with Crippen molar-refractivity contribution in [2.75, 3.05) is 32.2 Å². The standard InChI is InChI=1S/C25H29N3O4S/c1-5-28-17(3)21(24(30)32-15-14-31-4)22(27-25(28)33)18-10-12-19(13-11-18)26-23(29)20-9-7-6-8-16(20)2/h6-13,22H,5,14-15H2,1-4H3,(H,26,29)(H,27,33). The summed E-state index contributed by atoms with van der Waals surface area (Å²) < 4.78 is 10.4. The van der Waals surface area contributed by atoms with Crippen LogP contribution in [0.25, 0.3) is 0 Å². The van der Waals surface area contributed by atoms with Gasteiger partial charge >= 0.3 is 5.97 Å². The van der Waals surface area contributed by atoms with E-state index in [1.165, 1.54) is 0 Å². The summed E-state index contributed by atoms with van der Waals surface area (Å²) in [5.74, 6) is -0.588. The van der Waals surface area contributed by atoms with Crippen molar-refractivity contribution in [2.24, 2.45) is 0 Å². The SMILES string of the molecule is CCN1C(=S)NC(c2ccc(NC(=O)c3ccccc3C)cc2)C(C(=O)OCCOC)=C1C. The molecule has 1 unspecified atom stereocenters. The Hall–Kier alpha value is -3.23. The van der Waals surface area contributed by atoms with Crippen LogP contribution >= 0.6 is 12.2 Å². The maximum Gasteiger partial charge on any atom is 0.338 e. The molecular formula is C25H29N3O4S. The van der Waals surface area contributed by atoms with Crippen LogP contribution in [0.2, 0.25) is 0 Å². The monoisotopic (exact) mass is 467 g/mol. The second-order valence-electron chi connectivity index (χ2n) is 7.65. The molecule has 0 saturated carbocycles. The van der Waals surface area contributed by atoms with Crippen molar-refractivity contribution in [3.05, 3.63) is 76.5 Å². The molecule has 0 saturated heterocycles. The van der Waals surface area contributed by atoms with Gasteiger partial charge in [-0.2, -0.15) is 0 Å². The van der Waals surface area contributed by atoms with E-state index in [9.17, 15) is 9.59 Å². The molecule has 0 aromatic heterocycles. The molecule has 0 spiro atoms. The van der Waals surface area contributed by atoms with E-state index in [4.69, 9.17) is 21.7 Å². The van der Waals surface area contributed by atoms with E-state index in [1.807, 2.05) is 68.1 Å². The van der Waals surface area contributed by atoms with Gasteiger partial charge in [-0.05, 0) is 62.3 Å². The zero-order chi connectivity index (χ0) is 24.0. The Morgan fingerprint density at radius 1 is 1.09 bits per heavy atom. The van der Waals surface area contributed by atoms with Gasteiger partial charge in [0.25, 0.3) is 5.91 Å². The number of methoxy groups -OCH3 is 1. The largest absolute Gasteiger partial charge is 0.460 e. The molecule has 1 amide bonds. The summed E-state index contributed by atoms with van der Waals surface area (Å²) in [6.07, 6.45) is 0. The van der Waals surface area contributed by atoms with Crippen LogP contribution in [0.4, 0.5) is 5.69 Å². The van der Waals surface area contributed by atoms with Gasteiger partial charge in [-0.1, -0.05) is 30.3 Å². The van der Waals surface area contributed by atoms with Gasteiger partial charge in [-0.3, -0.25) is 4.79 Å². The van der Waals surface area contributed by atoms with Gasteiger partial charge in [-0.25, -0.2) is 4.79 Å². The molecule has 3 rings (SSSR count). The van der Waals surface area contributed by atoms with Gasteiger partial charge in [0, 0.05) is 30.6 Å². The Balaban J connectivity index is 1.84. The Bertz CT molecular complexity index is 1070. The fraction of sp³-hybridized carbons (Fsp3) is 0.320. The number of thiocarbonyl (C=S) groups is 1. The normalized spacial score (nSPS) is 15.8. The van der Waals surface area contributed by atoms with Crippen molar-refractivity contribution < 1.29 is 19.1 Å². The number of anilines is 1. The summed E-state index contributed by atoms with van der Waals surface area (Å²) in [7, 11) is 1.56. The summed E-state index contributed by atoms with van der Waals surface area (Å²) in [6, 6.07) is 14.3. The highest BCUT2D eigenvalue weighted by Gasteiger charge is 2.34. The molecule has 0 aliphatic carbocycles. The maximum absolute atomic E-state index is 12.9. The zero-order valence-corrected chi connectivity index (χ0v) is 20.1. The van der Waals surface area contributed by atoms with Crippen LogP contribution in [-0.4, -0.2) is 48.8 Å². The van der Waals surface area contributed by atoms with Crippen LogP contribution in [0.15, 0.2) is 59.8 Å². The van der Waals surface area contributed by atoms with Gasteiger partial charge in [0.1, 0.15) is 6.61 Å². The summed E-state index contributed by atoms with van der Waals surface area (Å²) in [6.45, 7) is 6.85. The van der Waals surface area contributed by atoms with Crippen LogP contribution in [0.3, 0.4) is 0 Å². The lowest BCUT2D eigenvalue weighted by Gasteiger charge is -2.37. The predicted octanol–water partition coefficient (Wildman–Crippen LogP) is 3.96. The molecule has 1 aliphatic heterocycles. The fourth-order valence-electron chi connectivity index (χ4n) is 3.76. The molecule has 7 nitrogen and oxygen atoms in total. The molecule has 0 fully saturated rings. The second-order valence-corrected chi connectivity index (χ2v) is 8.03. The summed E-state index contributed by atoms with van der Waals surface area (Å²) in [5.41, 5.74) is 4.28. The first-order chi connectivity index (χ1) is 15.9. The van der Waals surface area contributed by atoms with Crippen LogP contribution in [0, 0.1) is 6.92 Å². The van der Waals surface area contributed by atoms with Gasteiger partial charge in [0.2, 0.25) is 0 Å². The number of carbonyl (C=O) groups excluding carboxylic acids is 2. The molecule has 1 atom stereocenters. The lowest BCUT2D eigenvalue weighted by Crippen LogP contribution is -2.47. The van der Waals surface area contributed by atoms with Crippen molar-refractivity contribution >= 4 is 34.9 Å². The molecule has 2 aromatic rings. The van der Waals surface area contributed by atoms with E-state index in [2.05, 4.69) is 10.6 Å². The quantitative estimate of drug-likeness (QED) is 0.346. The van der Waals surface area contributed by atoms with E-state index < -0.39 is 12.0 Å². The van der Waals surface area contributed by atoms with Crippen LogP contribution < -0.4 is 10.6 Å². The number of aryl methyl sites for hydroxylation is 1. The molecular weight excluding hydrogens is 438 g/mol. The molecule has 0 radical (unpaired) electrons. The topological polar surface area (TPSA) is 79.9 Å². The van der Waals surface area contributed by atoms with E-state index in [0.717, 1.165) is 16.8 Å². The van der Waals surface area contributed by atoms with Crippen LogP contribution in [0.5, 0.6) is 0 Å². The average molecular weight is 468 g/mol. The maximum atomic E-state index is 12.9.